The number of hydrogen-bond acceptors (Lipinski definition) is 5. The third kappa shape index (κ3) is 2.53. The van der Waals surface area contributed by atoms with Gasteiger partial charge in [0.05, 0.1) is 5.92 Å². The molecule has 0 unspecified atom stereocenters. The molecule has 0 amide bonds. The van der Waals surface area contributed by atoms with Gasteiger partial charge in [0.25, 0.3) is 0 Å². The lowest BCUT2D eigenvalue weighted by Gasteiger charge is -1.98. The second kappa shape index (κ2) is 5.20. The van der Waals surface area contributed by atoms with Crippen LogP contribution < -0.4 is 5.32 Å². The fourth-order valence-electron chi connectivity index (χ4n) is 1.80. The van der Waals surface area contributed by atoms with Gasteiger partial charge in [-0.15, -0.1) is 12.4 Å². The van der Waals surface area contributed by atoms with Crippen molar-refractivity contribution in [2.75, 3.05) is 13.1 Å². The summed E-state index contributed by atoms with van der Waals surface area (Å²) in [6.07, 6.45) is 1.05. The highest BCUT2D eigenvalue weighted by atomic mass is 79.9. The van der Waals surface area contributed by atoms with Crippen molar-refractivity contribution in [2.45, 2.75) is 12.3 Å². The molecule has 0 saturated carbocycles. The second-order valence-corrected chi connectivity index (χ2v) is 4.53. The fraction of sp³-hybridized carbons (Fsp3) is 0.400. The minimum atomic E-state index is 0. The molecule has 1 N–H and O–H groups in total. The van der Waals surface area contributed by atoms with Crippen molar-refractivity contribution in [2.24, 2.45) is 0 Å². The van der Waals surface area contributed by atoms with Crippen molar-refractivity contribution < 1.29 is 8.94 Å². The maximum Gasteiger partial charge on any atom is 0.238 e. The van der Waals surface area contributed by atoms with Crippen LogP contribution in [-0.4, -0.2) is 23.2 Å². The molecule has 92 valence electrons. The third-order valence-electron chi connectivity index (χ3n) is 2.64. The zero-order chi connectivity index (χ0) is 11.0. The molecule has 0 radical (unpaired) electrons. The quantitative estimate of drug-likeness (QED) is 0.921. The van der Waals surface area contributed by atoms with Crippen LogP contribution in [-0.2, 0) is 0 Å². The van der Waals surface area contributed by atoms with Gasteiger partial charge in [-0.05, 0) is 41.0 Å². The van der Waals surface area contributed by atoms with Gasteiger partial charge in [0.15, 0.2) is 10.4 Å². The van der Waals surface area contributed by atoms with Gasteiger partial charge >= 0.3 is 0 Å². The molecule has 2 aromatic rings. The zero-order valence-electron chi connectivity index (χ0n) is 8.85. The molecule has 3 heterocycles. The van der Waals surface area contributed by atoms with Crippen LogP contribution in [0.1, 0.15) is 18.2 Å². The molecule has 0 aliphatic carbocycles. The Bertz CT molecular complexity index is 493. The molecule has 0 bridgehead atoms. The van der Waals surface area contributed by atoms with Gasteiger partial charge in [0, 0.05) is 6.54 Å². The molecular formula is C10H11BrClN3O2. The first-order valence-electron chi connectivity index (χ1n) is 5.13. The van der Waals surface area contributed by atoms with Crippen molar-refractivity contribution in [1.29, 1.82) is 0 Å². The minimum absolute atomic E-state index is 0. The predicted molar refractivity (Wildman–Crippen MR) is 67.2 cm³/mol. The van der Waals surface area contributed by atoms with Crippen molar-refractivity contribution in [1.82, 2.24) is 15.5 Å². The molecular weight excluding hydrogens is 309 g/mol. The number of nitrogens with one attached hydrogen (secondary N) is 1. The Morgan fingerprint density at radius 3 is 2.94 bits per heavy atom. The lowest BCUT2D eigenvalue weighted by Crippen LogP contribution is -2.08. The molecule has 2 aromatic heterocycles. The van der Waals surface area contributed by atoms with Crippen molar-refractivity contribution in [3.05, 3.63) is 22.7 Å². The van der Waals surface area contributed by atoms with Gasteiger partial charge in [-0.1, -0.05) is 5.16 Å². The molecule has 7 heteroatoms. The van der Waals surface area contributed by atoms with Gasteiger partial charge in [-0.2, -0.15) is 4.98 Å². The van der Waals surface area contributed by atoms with E-state index in [-0.39, 0.29) is 12.4 Å². The summed E-state index contributed by atoms with van der Waals surface area (Å²) in [4.78, 5) is 4.34. The van der Waals surface area contributed by atoms with Crippen molar-refractivity contribution in [3.63, 3.8) is 0 Å². The Morgan fingerprint density at radius 2 is 2.29 bits per heavy atom. The number of rotatable bonds is 2. The van der Waals surface area contributed by atoms with E-state index >= 15 is 0 Å². The van der Waals surface area contributed by atoms with Gasteiger partial charge < -0.3 is 14.3 Å². The van der Waals surface area contributed by atoms with Crippen molar-refractivity contribution in [3.8, 4) is 11.6 Å². The van der Waals surface area contributed by atoms with Gasteiger partial charge in [-0.25, -0.2) is 0 Å². The summed E-state index contributed by atoms with van der Waals surface area (Å²) in [5, 5.41) is 7.18. The van der Waals surface area contributed by atoms with E-state index in [1.165, 1.54) is 0 Å². The molecule has 1 aliphatic rings. The van der Waals surface area contributed by atoms with E-state index in [0.29, 0.717) is 28.1 Å². The van der Waals surface area contributed by atoms with Crippen LogP contribution in [0.25, 0.3) is 11.6 Å². The Kier molecular flexibility index (Phi) is 3.86. The van der Waals surface area contributed by atoms with Crippen LogP contribution in [0.4, 0.5) is 0 Å². The summed E-state index contributed by atoms with van der Waals surface area (Å²) in [5.41, 5.74) is 0. The van der Waals surface area contributed by atoms with Crippen LogP contribution in [0.2, 0.25) is 0 Å². The summed E-state index contributed by atoms with van der Waals surface area (Å²) in [6.45, 7) is 1.91. The number of halogens is 2. The first-order chi connectivity index (χ1) is 7.83. The Morgan fingerprint density at radius 1 is 1.41 bits per heavy atom. The number of furan rings is 1. The first-order valence-corrected chi connectivity index (χ1v) is 5.92. The molecule has 1 aliphatic heterocycles. The molecule has 1 saturated heterocycles. The Balaban J connectivity index is 0.00000108. The molecule has 5 nitrogen and oxygen atoms in total. The molecule has 17 heavy (non-hydrogen) atoms. The lowest BCUT2D eigenvalue weighted by molar-refractivity contribution is 0.358. The lowest BCUT2D eigenvalue weighted by atomic mass is 10.1. The maximum atomic E-state index is 5.36. The van der Waals surface area contributed by atoms with E-state index in [9.17, 15) is 0 Å². The highest BCUT2D eigenvalue weighted by Crippen LogP contribution is 2.26. The molecule has 1 atom stereocenters. The number of aromatic nitrogens is 2. The van der Waals surface area contributed by atoms with Crippen molar-refractivity contribution >= 4 is 28.3 Å². The van der Waals surface area contributed by atoms with Crippen LogP contribution in [0.15, 0.2) is 25.7 Å². The van der Waals surface area contributed by atoms with E-state index in [0.717, 1.165) is 19.5 Å². The topological polar surface area (TPSA) is 64.1 Å². The predicted octanol–water partition coefficient (Wildman–Crippen LogP) is 2.59. The first kappa shape index (κ1) is 12.6. The summed E-state index contributed by atoms with van der Waals surface area (Å²) >= 11 is 3.24. The summed E-state index contributed by atoms with van der Waals surface area (Å²) in [6, 6.07) is 3.62. The van der Waals surface area contributed by atoms with E-state index in [1.807, 2.05) is 12.1 Å². The Labute approximate surface area is 112 Å². The summed E-state index contributed by atoms with van der Waals surface area (Å²) in [5.74, 6) is 2.15. The Hall–Kier alpha value is -0.850. The molecule has 1 fully saturated rings. The highest BCUT2D eigenvalue weighted by Gasteiger charge is 2.23. The van der Waals surface area contributed by atoms with E-state index in [4.69, 9.17) is 8.94 Å². The molecule has 0 spiro atoms. The normalized spacial score (nSPS) is 19.2. The smallest absolute Gasteiger partial charge is 0.238 e. The average molecular weight is 321 g/mol. The van der Waals surface area contributed by atoms with Crippen LogP contribution in [0.5, 0.6) is 0 Å². The van der Waals surface area contributed by atoms with Crippen LogP contribution >= 0.6 is 28.3 Å². The van der Waals surface area contributed by atoms with Crippen LogP contribution in [0.3, 0.4) is 0 Å². The number of nitrogens with zero attached hydrogens (tertiary/aromatic N) is 2. The highest BCUT2D eigenvalue weighted by molar-refractivity contribution is 9.10. The largest absolute Gasteiger partial charge is 0.446 e. The van der Waals surface area contributed by atoms with Crippen LogP contribution in [0, 0.1) is 0 Å². The summed E-state index contributed by atoms with van der Waals surface area (Å²) < 4.78 is 11.3. The molecule has 0 aromatic carbocycles. The standard InChI is InChI=1S/C10H10BrN3O2.ClH/c11-8-2-1-7(15-8)9-13-10(16-14-9)6-3-4-12-5-6;/h1-2,6,12H,3-5H2;1H/t6-;/m0./s1. The summed E-state index contributed by atoms with van der Waals surface area (Å²) in [7, 11) is 0. The van der Waals surface area contributed by atoms with E-state index < -0.39 is 0 Å². The number of hydrogen-bond donors (Lipinski definition) is 1. The fourth-order valence-corrected chi connectivity index (χ4v) is 2.11. The molecule has 3 rings (SSSR count). The van der Waals surface area contributed by atoms with Gasteiger partial charge in [0.1, 0.15) is 0 Å². The monoisotopic (exact) mass is 319 g/mol. The van der Waals surface area contributed by atoms with E-state index in [1.54, 1.807) is 0 Å². The second-order valence-electron chi connectivity index (χ2n) is 3.75. The van der Waals surface area contributed by atoms with Gasteiger partial charge in [0.2, 0.25) is 11.7 Å². The SMILES string of the molecule is Brc1ccc(-c2noc([C@H]3CCNC3)n2)o1.Cl. The third-order valence-corrected chi connectivity index (χ3v) is 3.07. The average Bonchev–Trinajstić information content (AvgIpc) is 2.97. The minimum Gasteiger partial charge on any atom is -0.446 e. The van der Waals surface area contributed by atoms with Gasteiger partial charge in [-0.3, -0.25) is 0 Å². The zero-order valence-corrected chi connectivity index (χ0v) is 11.3. The van der Waals surface area contributed by atoms with E-state index in [2.05, 4.69) is 31.4 Å². The maximum absolute atomic E-state index is 5.36.